The molecule has 0 fully saturated rings. The third-order valence-electron chi connectivity index (χ3n) is 4.91. The molecule has 144 valence electrons. The highest BCUT2D eigenvalue weighted by atomic mass is 16.1. The van der Waals surface area contributed by atoms with E-state index in [-0.39, 0.29) is 5.91 Å². The Hall–Kier alpha value is -1.29. The minimum Gasteiger partial charge on any atom is -0.361 e. The van der Waals surface area contributed by atoms with E-state index in [4.69, 9.17) is 5.73 Å². The lowest BCUT2D eigenvalue weighted by Gasteiger charge is -2.17. The average Bonchev–Trinajstić information content (AvgIpc) is 2.62. The number of carbonyl (C=O) groups excluding carboxylic acids is 1. The maximum Gasteiger partial charge on any atom is 0.304 e. The maximum atomic E-state index is 11.2. The van der Waals surface area contributed by atoms with Crippen LogP contribution in [0.1, 0.15) is 96.8 Å². The lowest BCUT2D eigenvalue weighted by atomic mass is 10.0. The fraction of sp³-hybridized carbons (Fsp3) is 0.762. The van der Waals surface area contributed by atoms with Gasteiger partial charge in [0.25, 0.3) is 0 Å². The number of nitrogens with zero attached hydrogens (tertiary/aromatic N) is 1. The zero-order chi connectivity index (χ0) is 18.2. The Balaban J connectivity index is 1.84. The van der Waals surface area contributed by atoms with Gasteiger partial charge in [0.1, 0.15) is 6.20 Å². The molecule has 4 N–H and O–H groups in total. The number of rotatable bonds is 16. The molecule has 0 radical (unpaired) electrons. The summed E-state index contributed by atoms with van der Waals surface area (Å²) >= 11 is 0. The standard InChI is InChI=1S/C21H39N3O/c1-2-3-4-5-6-7-8-9-10-11-12-13-14-15-17-24-18-16-23-20(19-24)21(22)25/h16,18-19,23H,2-15,17H2,1H3,(H2,22,25)/p+1. The number of carbonyl (C=O) groups is 1. The van der Waals surface area contributed by atoms with Crippen LogP contribution >= 0.6 is 0 Å². The van der Waals surface area contributed by atoms with Gasteiger partial charge in [0, 0.05) is 6.54 Å². The molecule has 4 nitrogen and oxygen atoms in total. The predicted octanol–water partition coefficient (Wildman–Crippen LogP) is 4.14. The lowest BCUT2D eigenvalue weighted by molar-refractivity contribution is -0.532. The predicted molar refractivity (Wildman–Crippen MR) is 105 cm³/mol. The van der Waals surface area contributed by atoms with Crippen LogP contribution in [0.4, 0.5) is 0 Å². The molecular formula is C21H40N3O+. The van der Waals surface area contributed by atoms with Crippen LogP contribution in [0, 0.1) is 0 Å². The maximum absolute atomic E-state index is 11.2. The summed E-state index contributed by atoms with van der Waals surface area (Å²) in [7, 11) is 0. The molecule has 25 heavy (non-hydrogen) atoms. The zero-order valence-electron chi connectivity index (χ0n) is 16.3. The van der Waals surface area contributed by atoms with Crippen LogP contribution in [0.5, 0.6) is 0 Å². The first-order valence-electron chi connectivity index (χ1n) is 10.5. The summed E-state index contributed by atoms with van der Waals surface area (Å²) in [6.07, 6.45) is 25.0. The highest BCUT2D eigenvalue weighted by Gasteiger charge is 2.13. The van der Waals surface area contributed by atoms with Crippen molar-refractivity contribution >= 4 is 5.91 Å². The smallest absolute Gasteiger partial charge is 0.304 e. The van der Waals surface area contributed by atoms with Gasteiger partial charge in [-0.2, -0.15) is 0 Å². The number of unbranched alkanes of at least 4 members (excludes halogenated alkanes) is 13. The Bertz CT molecular complexity index is 404. The van der Waals surface area contributed by atoms with E-state index in [1.165, 1.54) is 89.9 Å². The molecule has 0 saturated carbocycles. The zero-order valence-corrected chi connectivity index (χ0v) is 16.3. The molecule has 0 bridgehead atoms. The van der Waals surface area contributed by atoms with Crippen LogP contribution in [-0.2, 0) is 4.79 Å². The fourth-order valence-electron chi connectivity index (χ4n) is 3.30. The summed E-state index contributed by atoms with van der Waals surface area (Å²) in [5, 5.41) is 1.77. The summed E-state index contributed by atoms with van der Waals surface area (Å²) in [6, 6.07) is 0. The molecule has 0 aromatic rings. The van der Waals surface area contributed by atoms with E-state index in [2.05, 4.69) is 11.8 Å². The van der Waals surface area contributed by atoms with Crippen LogP contribution in [0.2, 0.25) is 0 Å². The summed E-state index contributed by atoms with van der Waals surface area (Å²) in [5.41, 5.74) is 5.90. The second kappa shape index (κ2) is 15.0. The number of hydrogen-bond acceptors (Lipinski definition) is 2. The molecule has 0 aliphatic carbocycles. The number of nitrogens with two attached hydrogens (primary N) is 2. The van der Waals surface area contributed by atoms with Gasteiger partial charge in [0.15, 0.2) is 0 Å². The van der Waals surface area contributed by atoms with Gasteiger partial charge in [0.05, 0.1) is 12.4 Å². The highest BCUT2D eigenvalue weighted by molar-refractivity contribution is 5.89. The van der Waals surface area contributed by atoms with Crippen molar-refractivity contribution in [1.29, 1.82) is 0 Å². The van der Waals surface area contributed by atoms with Gasteiger partial charge in [-0.15, -0.1) is 0 Å². The molecule has 4 heteroatoms. The Kier molecular flexibility index (Phi) is 13.1. The molecule has 0 atom stereocenters. The van der Waals surface area contributed by atoms with E-state index < -0.39 is 0 Å². The minimum absolute atomic E-state index is 0.352. The van der Waals surface area contributed by atoms with Gasteiger partial charge < -0.3 is 10.6 Å². The van der Waals surface area contributed by atoms with Crippen molar-refractivity contribution in [2.24, 2.45) is 5.73 Å². The molecule has 0 aromatic carbocycles. The number of amides is 1. The van der Waals surface area contributed by atoms with E-state index >= 15 is 0 Å². The first-order valence-corrected chi connectivity index (χ1v) is 10.5. The Labute approximate surface area is 154 Å². The number of hydrogen-bond donors (Lipinski definition) is 2. The molecule has 0 spiro atoms. The number of quaternary nitrogens is 1. The van der Waals surface area contributed by atoms with Gasteiger partial charge in [-0.05, 0) is 6.42 Å². The molecule has 0 aromatic heterocycles. The first kappa shape index (κ1) is 21.8. The van der Waals surface area contributed by atoms with Crippen molar-refractivity contribution in [3.05, 3.63) is 24.3 Å². The molecule has 1 aliphatic heterocycles. The summed E-state index contributed by atoms with van der Waals surface area (Å²) < 4.78 is 0. The molecule has 1 rings (SSSR count). The van der Waals surface area contributed by atoms with Crippen LogP contribution in [0.25, 0.3) is 0 Å². The summed E-state index contributed by atoms with van der Waals surface area (Å²) in [4.78, 5) is 13.2. The van der Waals surface area contributed by atoms with Crippen molar-refractivity contribution in [3.8, 4) is 0 Å². The third-order valence-corrected chi connectivity index (χ3v) is 4.91. The summed E-state index contributed by atoms with van der Waals surface area (Å²) in [5.74, 6) is -0.352. The Morgan fingerprint density at radius 3 is 1.84 bits per heavy atom. The van der Waals surface area contributed by atoms with Gasteiger partial charge in [0.2, 0.25) is 5.70 Å². The molecule has 1 aliphatic rings. The first-order chi connectivity index (χ1) is 12.2. The minimum atomic E-state index is -0.352. The van der Waals surface area contributed by atoms with Gasteiger partial charge in [-0.25, -0.2) is 0 Å². The van der Waals surface area contributed by atoms with Crippen LogP contribution in [-0.4, -0.2) is 17.4 Å². The SMILES string of the molecule is CCCCCCCCCCCCCCCCN1C=C[NH2+]C(C(N)=O)=C1. The van der Waals surface area contributed by atoms with Gasteiger partial charge >= 0.3 is 5.91 Å². The van der Waals surface area contributed by atoms with E-state index in [9.17, 15) is 4.79 Å². The van der Waals surface area contributed by atoms with E-state index in [1.807, 2.05) is 18.6 Å². The summed E-state index contributed by atoms with van der Waals surface area (Å²) in [6.45, 7) is 3.25. The largest absolute Gasteiger partial charge is 0.361 e. The highest BCUT2D eigenvalue weighted by Crippen LogP contribution is 2.13. The van der Waals surface area contributed by atoms with E-state index in [1.54, 1.807) is 5.32 Å². The van der Waals surface area contributed by atoms with Gasteiger partial charge in [-0.1, -0.05) is 90.4 Å². The topological polar surface area (TPSA) is 62.9 Å². The van der Waals surface area contributed by atoms with Crippen LogP contribution in [0.3, 0.4) is 0 Å². The lowest BCUT2D eigenvalue weighted by Crippen LogP contribution is -2.79. The Morgan fingerprint density at radius 2 is 1.36 bits per heavy atom. The van der Waals surface area contributed by atoms with Crippen LogP contribution in [0.15, 0.2) is 24.3 Å². The van der Waals surface area contributed by atoms with E-state index in [0.717, 1.165) is 6.54 Å². The van der Waals surface area contributed by atoms with Crippen molar-refractivity contribution < 1.29 is 10.1 Å². The van der Waals surface area contributed by atoms with Crippen molar-refractivity contribution in [2.45, 2.75) is 96.8 Å². The second-order valence-corrected chi connectivity index (χ2v) is 7.29. The molecule has 0 saturated heterocycles. The average molecular weight is 351 g/mol. The molecule has 1 heterocycles. The van der Waals surface area contributed by atoms with Crippen LogP contribution < -0.4 is 11.1 Å². The monoisotopic (exact) mass is 350 g/mol. The molecular weight excluding hydrogens is 310 g/mol. The Morgan fingerprint density at radius 1 is 0.880 bits per heavy atom. The van der Waals surface area contributed by atoms with Crippen molar-refractivity contribution in [3.63, 3.8) is 0 Å². The van der Waals surface area contributed by atoms with E-state index in [0.29, 0.717) is 5.70 Å². The molecule has 0 unspecified atom stereocenters. The fourth-order valence-corrected chi connectivity index (χ4v) is 3.30. The second-order valence-electron chi connectivity index (χ2n) is 7.29. The normalized spacial score (nSPS) is 14.0. The number of primary amides is 1. The third kappa shape index (κ3) is 11.8. The van der Waals surface area contributed by atoms with Crippen molar-refractivity contribution in [2.75, 3.05) is 6.54 Å². The van der Waals surface area contributed by atoms with Crippen molar-refractivity contribution in [1.82, 2.24) is 4.90 Å². The van der Waals surface area contributed by atoms with Gasteiger partial charge in [-0.3, -0.25) is 10.1 Å². The molecule has 1 amide bonds. The quantitative estimate of drug-likeness (QED) is 0.411.